The monoisotopic (exact) mass is 378 g/mol. The van der Waals surface area contributed by atoms with Gasteiger partial charge in [0.2, 0.25) is 0 Å². The predicted molar refractivity (Wildman–Crippen MR) is 98.2 cm³/mol. The summed E-state index contributed by atoms with van der Waals surface area (Å²) in [7, 11) is 0. The van der Waals surface area contributed by atoms with Gasteiger partial charge in [-0.1, -0.05) is 12.1 Å². The summed E-state index contributed by atoms with van der Waals surface area (Å²) in [5.74, 6) is 0.626. The number of hydrogen-bond acceptors (Lipinski definition) is 3. The number of aromatic nitrogens is 2. The van der Waals surface area contributed by atoms with Crippen LogP contribution < -0.4 is 5.32 Å². The van der Waals surface area contributed by atoms with E-state index in [1.165, 1.54) is 25.0 Å². The van der Waals surface area contributed by atoms with Crippen LogP contribution in [0, 0.1) is 6.92 Å². The van der Waals surface area contributed by atoms with E-state index >= 15 is 0 Å². The summed E-state index contributed by atoms with van der Waals surface area (Å²) < 4.78 is 38.2. The lowest BCUT2D eigenvalue weighted by Crippen LogP contribution is -2.43. The third-order valence-corrected chi connectivity index (χ3v) is 5.48. The van der Waals surface area contributed by atoms with Crippen LogP contribution in [0.15, 0.2) is 24.3 Å². The summed E-state index contributed by atoms with van der Waals surface area (Å²) in [6.07, 6.45) is 0.638. The molecule has 1 saturated heterocycles. The van der Waals surface area contributed by atoms with Gasteiger partial charge in [-0.25, -0.2) is 4.98 Å². The molecule has 0 radical (unpaired) electrons. The van der Waals surface area contributed by atoms with Crippen molar-refractivity contribution >= 4 is 0 Å². The lowest BCUT2D eigenvalue weighted by Gasteiger charge is -2.32. The van der Waals surface area contributed by atoms with Crippen molar-refractivity contribution in [1.82, 2.24) is 20.2 Å². The maximum atomic E-state index is 12.7. The smallest absolute Gasteiger partial charge is 0.342 e. The van der Waals surface area contributed by atoms with Crippen molar-refractivity contribution in [2.45, 2.75) is 57.4 Å². The summed E-state index contributed by atoms with van der Waals surface area (Å²) in [4.78, 5) is 10.3. The lowest BCUT2D eigenvalue weighted by atomic mass is 10.0. The van der Waals surface area contributed by atoms with Crippen LogP contribution in [0.5, 0.6) is 0 Å². The Balaban J connectivity index is 1.38. The second-order valence-corrected chi connectivity index (χ2v) is 7.72. The molecule has 2 N–H and O–H groups in total. The maximum Gasteiger partial charge on any atom is 0.416 e. The molecule has 4 nitrogen and oxygen atoms in total. The molecule has 7 heteroatoms. The number of halogens is 3. The Kier molecular flexibility index (Phi) is 4.99. The zero-order chi connectivity index (χ0) is 19.0. The van der Waals surface area contributed by atoms with Crippen LogP contribution in [-0.2, 0) is 12.7 Å². The highest BCUT2D eigenvalue weighted by Gasteiger charge is 2.30. The van der Waals surface area contributed by atoms with Gasteiger partial charge in [0, 0.05) is 43.0 Å². The quantitative estimate of drug-likeness (QED) is 0.823. The van der Waals surface area contributed by atoms with Gasteiger partial charge in [0.15, 0.2) is 0 Å². The largest absolute Gasteiger partial charge is 0.416 e. The maximum absolute atomic E-state index is 12.7. The SMILES string of the molecule is Cc1[nH]c(-c2ccc(C(F)(F)F)cc2)nc1CN1CCC(NC2CC2)CC1. The number of nitrogens with zero attached hydrogens (tertiary/aromatic N) is 2. The van der Waals surface area contributed by atoms with Gasteiger partial charge in [0.05, 0.1) is 11.3 Å². The van der Waals surface area contributed by atoms with Gasteiger partial charge in [0.1, 0.15) is 5.82 Å². The number of imidazole rings is 1. The Hall–Kier alpha value is -1.86. The third kappa shape index (κ3) is 4.52. The van der Waals surface area contributed by atoms with Crippen LogP contribution in [0.1, 0.15) is 42.6 Å². The van der Waals surface area contributed by atoms with E-state index in [1.54, 1.807) is 0 Å². The number of nitrogens with one attached hydrogen (secondary N) is 2. The Labute approximate surface area is 157 Å². The van der Waals surface area contributed by atoms with Crippen LogP contribution in [0.25, 0.3) is 11.4 Å². The zero-order valence-corrected chi connectivity index (χ0v) is 15.4. The Morgan fingerprint density at radius 1 is 1.07 bits per heavy atom. The average molecular weight is 378 g/mol. The van der Waals surface area contributed by atoms with Crippen LogP contribution in [-0.4, -0.2) is 40.0 Å². The number of alkyl halides is 3. The minimum atomic E-state index is -4.32. The van der Waals surface area contributed by atoms with E-state index in [9.17, 15) is 13.2 Å². The van der Waals surface area contributed by atoms with Gasteiger partial charge in [-0.15, -0.1) is 0 Å². The highest BCUT2D eigenvalue weighted by molar-refractivity contribution is 5.56. The van der Waals surface area contributed by atoms with Crippen LogP contribution in [0.4, 0.5) is 13.2 Å². The second kappa shape index (κ2) is 7.28. The van der Waals surface area contributed by atoms with Crippen molar-refractivity contribution < 1.29 is 13.2 Å². The molecule has 2 fully saturated rings. The zero-order valence-electron chi connectivity index (χ0n) is 15.4. The number of rotatable bonds is 5. The van der Waals surface area contributed by atoms with Crippen LogP contribution in [0.2, 0.25) is 0 Å². The Bertz CT molecular complexity index is 770. The van der Waals surface area contributed by atoms with E-state index in [0.29, 0.717) is 17.4 Å². The van der Waals surface area contributed by atoms with Crippen molar-refractivity contribution in [3.05, 3.63) is 41.2 Å². The van der Waals surface area contributed by atoms with Gasteiger partial charge in [0.25, 0.3) is 0 Å². The molecule has 146 valence electrons. The van der Waals surface area contributed by atoms with Gasteiger partial charge in [-0.3, -0.25) is 4.90 Å². The summed E-state index contributed by atoms with van der Waals surface area (Å²) in [5.41, 5.74) is 1.98. The molecular weight excluding hydrogens is 353 g/mol. The van der Waals surface area contributed by atoms with Crippen molar-refractivity contribution in [2.24, 2.45) is 0 Å². The standard InChI is InChI=1S/C20H25F3N4/c1-13-18(12-27-10-8-17(9-11-27)25-16-6-7-16)26-19(24-13)14-2-4-15(5-3-14)20(21,22)23/h2-5,16-17,25H,6-12H2,1H3,(H,24,26). The molecule has 1 aliphatic heterocycles. The van der Waals surface area contributed by atoms with E-state index in [4.69, 9.17) is 0 Å². The first kappa shape index (κ1) is 18.5. The van der Waals surface area contributed by atoms with Crippen molar-refractivity contribution in [2.75, 3.05) is 13.1 Å². The summed E-state index contributed by atoms with van der Waals surface area (Å²) >= 11 is 0. The average Bonchev–Trinajstić information content (AvgIpc) is 3.38. The predicted octanol–water partition coefficient (Wildman–Crippen LogP) is 4.12. The minimum Gasteiger partial charge on any atom is -0.342 e. The summed E-state index contributed by atoms with van der Waals surface area (Å²) in [6, 6.07) is 6.53. The van der Waals surface area contributed by atoms with E-state index in [0.717, 1.165) is 62.0 Å². The molecule has 0 bridgehead atoms. The van der Waals surface area contributed by atoms with Gasteiger partial charge in [-0.2, -0.15) is 13.2 Å². The topological polar surface area (TPSA) is 44.0 Å². The fraction of sp³-hybridized carbons (Fsp3) is 0.550. The number of hydrogen-bond donors (Lipinski definition) is 2. The number of benzene rings is 1. The fourth-order valence-electron chi connectivity index (χ4n) is 3.66. The molecule has 0 unspecified atom stereocenters. The van der Waals surface area contributed by atoms with E-state index in [2.05, 4.69) is 20.2 Å². The molecule has 2 aromatic rings. The first-order valence-corrected chi connectivity index (χ1v) is 9.60. The second-order valence-electron chi connectivity index (χ2n) is 7.72. The third-order valence-electron chi connectivity index (χ3n) is 5.48. The molecule has 0 atom stereocenters. The van der Waals surface area contributed by atoms with Gasteiger partial charge in [-0.05, 0) is 44.7 Å². The molecule has 0 amide bonds. The normalized spacial score (nSPS) is 19.6. The minimum absolute atomic E-state index is 0.626. The molecule has 1 saturated carbocycles. The van der Waals surface area contributed by atoms with Crippen LogP contribution in [0.3, 0.4) is 0 Å². The van der Waals surface area contributed by atoms with Gasteiger partial charge >= 0.3 is 6.18 Å². The highest BCUT2D eigenvalue weighted by Crippen LogP contribution is 2.31. The molecule has 27 heavy (non-hydrogen) atoms. The number of aryl methyl sites for hydroxylation is 1. The van der Waals surface area contributed by atoms with Crippen LogP contribution >= 0.6 is 0 Å². The van der Waals surface area contributed by atoms with Crippen molar-refractivity contribution in [3.63, 3.8) is 0 Å². The molecule has 4 rings (SSSR count). The van der Waals surface area contributed by atoms with E-state index < -0.39 is 11.7 Å². The fourth-order valence-corrected chi connectivity index (χ4v) is 3.66. The Morgan fingerprint density at radius 3 is 2.30 bits per heavy atom. The molecule has 2 aliphatic rings. The first-order valence-electron chi connectivity index (χ1n) is 9.60. The summed E-state index contributed by atoms with van der Waals surface area (Å²) in [6.45, 7) is 4.84. The highest BCUT2D eigenvalue weighted by atomic mass is 19.4. The number of aromatic amines is 1. The molecular formula is C20H25F3N4. The van der Waals surface area contributed by atoms with Gasteiger partial charge < -0.3 is 10.3 Å². The lowest BCUT2D eigenvalue weighted by molar-refractivity contribution is -0.137. The Morgan fingerprint density at radius 2 is 1.70 bits per heavy atom. The molecule has 1 aliphatic carbocycles. The first-order chi connectivity index (χ1) is 12.9. The van der Waals surface area contributed by atoms with Crippen molar-refractivity contribution in [1.29, 1.82) is 0 Å². The van der Waals surface area contributed by atoms with E-state index in [-0.39, 0.29) is 0 Å². The molecule has 1 aromatic carbocycles. The number of piperidine rings is 1. The number of likely N-dealkylation sites (tertiary alicyclic amines) is 1. The molecule has 2 heterocycles. The summed E-state index contributed by atoms with van der Waals surface area (Å²) in [5, 5.41) is 3.70. The molecule has 1 aromatic heterocycles. The van der Waals surface area contributed by atoms with Crippen molar-refractivity contribution in [3.8, 4) is 11.4 Å². The molecule has 0 spiro atoms. The van der Waals surface area contributed by atoms with E-state index in [1.807, 2.05) is 6.92 Å². The number of H-pyrrole nitrogens is 1.